The van der Waals surface area contributed by atoms with Gasteiger partial charge in [0.2, 0.25) is 0 Å². The van der Waals surface area contributed by atoms with E-state index in [1.54, 1.807) is 0 Å². The highest BCUT2D eigenvalue weighted by Crippen LogP contribution is 2.20. The Morgan fingerprint density at radius 2 is 2.25 bits per heavy atom. The van der Waals surface area contributed by atoms with Crippen molar-refractivity contribution in [2.75, 3.05) is 13.1 Å². The van der Waals surface area contributed by atoms with Crippen molar-refractivity contribution in [2.45, 2.75) is 18.9 Å². The van der Waals surface area contributed by atoms with E-state index in [2.05, 4.69) is 10.6 Å². The average Bonchev–Trinajstić information content (AvgIpc) is 2.39. The molecule has 0 radical (unpaired) electrons. The third-order valence-corrected chi connectivity index (χ3v) is 3.93. The van der Waals surface area contributed by atoms with Crippen molar-refractivity contribution in [3.8, 4) is 0 Å². The highest BCUT2D eigenvalue weighted by Gasteiger charge is 2.19. The molecule has 1 aromatic rings. The fourth-order valence-corrected chi connectivity index (χ4v) is 2.78. The third-order valence-electron chi connectivity index (χ3n) is 3.04. The molecule has 1 amide bonds. The highest BCUT2D eigenvalue weighted by atomic mass is 127. The molecule has 0 saturated carbocycles. The van der Waals surface area contributed by atoms with Crippen LogP contribution in [-0.4, -0.2) is 30.0 Å². The van der Waals surface area contributed by atoms with Crippen LogP contribution < -0.4 is 10.6 Å². The molecule has 0 spiro atoms. The Kier molecular flexibility index (Phi) is 6.63. The van der Waals surface area contributed by atoms with Gasteiger partial charge in [-0.3, -0.25) is 14.9 Å². The minimum absolute atomic E-state index is 0. The summed E-state index contributed by atoms with van der Waals surface area (Å²) in [4.78, 5) is 22.3. The van der Waals surface area contributed by atoms with Gasteiger partial charge in [0.25, 0.3) is 11.6 Å². The van der Waals surface area contributed by atoms with Gasteiger partial charge in [-0.2, -0.15) is 0 Å². The van der Waals surface area contributed by atoms with E-state index in [0.717, 1.165) is 25.9 Å². The second-order valence-electron chi connectivity index (χ2n) is 4.44. The molecule has 0 bridgehead atoms. The molecule has 1 aromatic carbocycles. The zero-order chi connectivity index (χ0) is 13.8. The van der Waals surface area contributed by atoms with Crippen LogP contribution in [0.2, 0.25) is 0 Å². The number of hydrogen-bond donors (Lipinski definition) is 2. The molecule has 1 aliphatic heterocycles. The summed E-state index contributed by atoms with van der Waals surface area (Å²) in [7, 11) is 0. The van der Waals surface area contributed by atoms with Crippen molar-refractivity contribution >= 4 is 46.6 Å². The predicted octanol–water partition coefficient (Wildman–Crippen LogP) is 2.10. The molecule has 1 fully saturated rings. The summed E-state index contributed by atoms with van der Waals surface area (Å²) in [6.45, 7) is 1.76. The topological polar surface area (TPSA) is 84.3 Å². The number of amides is 1. The number of nitrogens with zero attached hydrogens (tertiary/aromatic N) is 1. The smallest absolute Gasteiger partial charge is 0.270 e. The maximum atomic E-state index is 12.1. The first-order valence-electron chi connectivity index (χ1n) is 6.03. The number of nitro benzene ring substituents is 1. The number of carbonyl (C=O) groups excluding carboxylic acids is 1. The van der Waals surface area contributed by atoms with Crippen LogP contribution in [0.25, 0.3) is 0 Å². The number of nitro groups is 1. The number of hydrogen-bond acceptors (Lipinski definition) is 4. The number of halogens is 2. The molecule has 0 aromatic heterocycles. The quantitative estimate of drug-likeness (QED) is 0.453. The molecule has 1 unspecified atom stereocenters. The van der Waals surface area contributed by atoms with Gasteiger partial charge in [-0.05, 0) is 48.0 Å². The zero-order valence-corrected chi connectivity index (χ0v) is 13.6. The summed E-state index contributed by atoms with van der Waals surface area (Å²) >= 11 is 1.95. The number of carbonyl (C=O) groups is 1. The molecule has 110 valence electrons. The maximum absolute atomic E-state index is 12.1. The minimum atomic E-state index is -0.463. The van der Waals surface area contributed by atoms with Crippen LogP contribution in [0.4, 0.5) is 5.69 Å². The molecule has 1 aliphatic rings. The fourth-order valence-electron chi connectivity index (χ4n) is 2.04. The summed E-state index contributed by atoms with van der Waals surface area (Å²) in [5.74, 6) is -0.173. The van der Waals surface area contributed by atoms with Crippen LogP contribution in [0.5, 0.6) is 0 Å². The molecule has 1 saturated heterocycles. The lowest BCUT2D eigenvalue weighted by Crippen LogP contribution is -2.45. The summed E-state index contributed by atoms with van der Waals surface area (Å²) in [5.41, 5.74) is 0.483. The zero-order valence-electron chi connectivity index (χ0n) is 10.6. The Bertz CT molecular complexity index is 507. The van der Waals surface area contributed by atoms with Crippen LogP contribution in [0.3, 0.4) is 0 Å². The molecule has 1 heterocycles. The van der Waals surface area contributed by atoms with Gasteiger partial charge in [-0.15, -0.1) is 12.4 Å². The lowest BCUT2D eigenvalue weighted by molar-refractivity contribution is -0.384. The third kappa shape index (κ3) is 4.29. The first kappa shape index (κ1) is 17.1. The number of non-ortho nitro benzene ring substituents is 1. The van der Waals surface area contributed by atoms with Crippen LogP contribution >= 0.6 is 35.0 Å². The first-order valence-corrected chi connectivity index (χ1v) is 7.11. The number of rotatable bonds is 3. The highest BCUT2D eigenvalue weighted by molar-refractivity contribution is 14.1. The number of nitrogens with one attached hydrogen (secondary N) is 2. The van der Waals surface area contributed by atoms with Crippen molar-refractivity contribution in [3.63, 3.8) is 0 Å². The van der Waals surface area contributed by atoms with Gasteiger partial charge >= 0.3 is 0 Å². The summed E-state index contributed by atoms with van der Waals surface area (Å²) < 4.78 is 0.591. The monoisotopic (exact) mass is 411 g/mol. The standard InChI is InChI=1S/C12H14IN3O3.ClH/c13-11-6-9(16(18)19)3-4-10(11)12(17)15-8-2-1-5-14-7-8;/h3-4,6,8,14H,1-2,5,7H2,(H,15,17);1H. The molecular weight excluding hydrogens is 397 g/mol. The van der Waals surface area contributed by atoms with Crippen LogP contribution in [0.15, 0.2) is 18.2 Å². The molecule has 8 heteroatoms. The Morgan fingerprint density at radius 3 is 2.80 bits per heavy atom. The Balaban J connectivity index is 0.00000200. The van der Waals surface area contributed by atoms with E-state index in [1.165, 1.54) is 18.2 Å². The molecule has 6 nitrogen and oxygen atoms in total. The summed E-state index contributed by atoms with van der Waals surface area (Å²) in [5, 5.41) is 16.8. The van der Waals surface area contributed by atoms with Crippen molar-refractivity contribution in [1.82, 2.24) is 10.6 Å². The lowest BCUT2D eigenvalue weighted by Gasteiger charge is -2.23. The number of benzene rings is 1. The average molecular weight is 412 g/mol. The van der Waals surface area contributed by atoms with Crippen molar-refractivity contribution in [1.29, 1.82) is 0 Å². The molecule has 1 atom stereocenters. The summed E-state index contributed by atoms with van der Waals surface area (Å²) in [6.07, 6.45) is 2.00. The van der Waals surface area contributed by atoms with Gasteiger partial charge < -0.3 is 10.6 Å². The van der Waals surface area contributed by atoms with Gasteiger partial charge in [0.05, 0.1) is 10.5 Å². The van der Waals surface area contributed by atoms with Crippen molar-refractivity contribution in [2.24, 2.45) is 0 Å². The first-order chi connectivity index (χ1) is 9.08. The van der Waals surface area contributed by atoms with E-state index in [4.69, 9.17) is 0 Å². The van der Waals surface area contributed by atoms with E-state index in [9.17, 15) is 14.9 Å². The molecule has 2 N–H and O–H groups in total. The second-order valence-corrected chi connectivity index (χ2v) is 5.60. The molecule has 2 rings (SSSR count). The van der Waals surface area contributed by atoms with Crippen molar-refractivity contribution in [3.05, 3.63) is 37.4 Å². The van der Waals surface area contributed by atoms with E-state index < -0.39 is 4.92 Å². The summed E-state index contributed by atoms with van der Waals surface area (Å²) in [6, 6.07) is 4.41. The minimum Gasteiger partial charge on any atom is -0.348 e. The van der Waals surface area contributed by atoms with Gasteiger partial charge in [0.1, 0.15) is 0 Å². The predicted molar refractivity (Wildman–Crippen MR) is 86.4 cm³/mol. The molecule has 0 aliphatic carbocycles. The SMILES string of the molecule is Cl.O=C(NC1CCCNC1)c1ccc([N+](=O)[O-])cc1I. The maximum Gasteiger partial charge on any atom is 0.270 e. The lowest BCUT2D eigenvalue weighted by atomic mass is 10.1. The Morgan fingerprint density at radius 1 is 1.50 bits per heavy atom. The van der Waals surface area contributed by atoms with Crippen LogP contribution in [0, 0.1) is 13.7 Å². The van der Waals surface area contributed by atoms with E-state index in [1.807, 2.05) is 22.6 Å². The normalized spacial score (nSPS) is 17.9. The van der Waals surface area contributed by atoms with Crippen LogP contribution in [-0.2, 0) is 0 Å². The fraction of sp³-hybridized carbons (Fsp3) is 0.417. The Hall–Kier alpha value is -0.930. The molecule has 20 heavy (non-hydrogen) atoms. The van der Waals surface area contributed by atoms with Crippen molar-refractivity contribution < 1.29 is 9.72 Å². The second kappa shape index (κ2) is 7.75. The van der Waals surface area contributed by atoms with E-state index in [0.29, 0.717) is 9.13 Å². The number of piperidine rings is 1. The van der Waals surface area contributed by atoms with Crippen LogP contribution in [0.1, 0.15) is 23.2 Å². The van der Waals surface area contributed by atoms with E-state index in [-0.39, 0.29) is 30.0 Å². The Labute approximate surface area is 136 Å². The largest absolute Gasteiger partial charge is 0.348 e. The molecular formula is C12H15ClIN3O3. The van der Waals surface area contributed by atoms with E-state index >= 15 is 0 Å². The van der Waals surface area contributed by atoms with Gasteiger partial charge in [-0.1, -0.05) is 0 Å². The van der Waals surface area contributed by atoms with Gasteiger partial charge in [0, 0.05) is 28.3 Å². The van der Waals surface area contributed by atoms with Gasteiger partial charge in [-0.25, -0.2) is 0 Å². The van der Waals surface area contributed by atoms with Gasteiger partial charge in [0.15, 0.2) is 0 Å².